The summed E-state index contributed by atoms with van der Waals surface area (Å²) in [6, 6.07) is 11.0. The summed E-state index contributed by atoms with van der Waals surface area (Å²) in [4.78, 5) is 10.9. The van der Waals surface area contributed by atoms with Gasteiger partial charge in [-0.3, -0.25) is 0 Å². The van der Waals surface area contributed by atoms with E-state index in [1.54, 1.807) is 31.4 Å². The van der Waals surface area contributed by atoms with Gasteiger partial charge in [0.1, 0.15) is 17.1 Å². The van der Waals surface area contributed by atoms with Crippen molar-refractivity contribution in [1.29, 1.82) is 0 Å². The van der Waals surface area contributed by atoms with Gasteiger partial charge in [-0.1, -0.05) is 6.07 Å². The minimum atomic E-state index is -1.22. The van der Waals surface area contributed by atoms with Crippen molar-refractivity contribution in [1.82, 2.24) is 0 Å². The zero-order valence-electron chi connectivity index (χ0n) is 10.6. The summed E-state index contributed by atoms with van der Waals surface area (Å²) in [7, 11) is 1.55. The quantitative estimate of drug-likeness (QED) is 0.833. The van der Waals surface area contributed by atoms with Crippen molar-refractivity contribution in [2.75, 3.05) is 7.11 Å². The lowest BCUT2D eigenvalue weighted by atomic mass is 10.2. The van der Waals surface area contributed by atoms with Gasteiger partial charge in [-0.2, -0.15) is 10.2 Å². The molecule has 0 atom stereocenters. The van der Waals surface area contributed by atoms with Crippen LogP contribution in [0, 0.1) is 0 Å². The van der Waals surface area contributed by atoms with E-state index < -0.39 is 5.97 Å². The van der Waals surface area contributed by atoms with E-state index in [2.05, 4.69) is 10.2 Å². The summed E-state index contributed by atoms with van der Waals surface area (Å²) in [5, 5.41) is 26.2. The molecule has 0 aliphatic rings. The first-order valence-electron chi connectivity index (χ1n) is 5.72. The van der Waals surface area contributed by atoms with Crippen molar-refractivity contribution in [2.45, 2.75) is 0 Å². The predicted molar refractivity (Wildman–Crippen MR) is 72.2 cm³/mol. The lowest BCUT2D eigenvalue weighted by Gasteiger charge is -2.01. The van der Waals surface area contributed by atoms with Crippen LogP contribution in [0.15, 0.2) is 52.7 Å². The molecule has 0 aliphatic carbocycles. The topological polar surface area (TPSA) is 91.5 Å². The zero-order valence-corrected chi connectivity index (χ0v) is 10.6. The normalized spacial score (nSPS) is 10.7. The van der Waals surface area contributed by atoms with Gasteiger partial charge in [0.15, 0.2) is 0 Å². The number of nitrogens with zero attached hydrogens (tertiary/aromatic N) is 2. The molecule has 2 aromatic rings. The molecule has 0 fully saturated rings. The Hall–Kier alpha value is -2.89. The highest BCUT2D eigenvalue weighted by Gasteiger charge is 2.09. The van der Waals surface area contributed by atoms with Gasteiger partial charge in [-0.05, 0) is 30.3 Å². The number of carbonyl (C=O) groups is 1. The van der Waals surface area contributed by atoms with Crippen molar-refractivity contribution < 1.29 is 19.7 Å². The summed E-state index contributed by atoms with van der Waals surface area (Å²) in [5.41, 5.74) is 0.699. The molecule has 102 valence electrons. The number of ether oxygens (including phenoxy) is 1. The fourth-order valence-corrected chi connectivity index (χ4v) is 1.55. The van der Waals surface area contributed by atoms with Gasteiger partial charge in [0, 0.05) is 6.07 Å². The molecule has 0 saturated heterocycles. The predicted octanol–water partition coefficient (Wildman–Crippen LogP) is 3.51. The van der Waals surface area contributed by atoms with E-state index in [9.17, 15) is 9.90 Å². The first-order valence-corrected chi connectivity index (χ1v) is 5.72. The minimum absolute atomic E-state index is 0.216. The number of aromatic hydroxyl groups is 1. The monoisotopic (exact) mass is 272 g/mol. The Labute approximate surface area is 115 Å². The summed E-state index contributed by atoms with van der Waals surface area (Å²) < 4.78 is 5.06. The number of hydrogen-bond acceptors (Lipinski definition) is 5. The first-order chi connectivity index (χ1) is 9.60. The molecule has 0 bridgehead atoms. The summed E-state index contributed by atoms with van der Waals surface area (Å²) in [6.07, 6.45) is 0. The highest BCUT2D eigenvalue weighted by Crippen LogP contribution is 2.26. The maximum atomic E-state index is 10.9. The highest BCUT2D eigenvalue weighted by atomic mass is 16.5. The van der Waals surface area contributed by atoms with Crippen LogP contribution in [-0.2, 0) is 0 Å². The van der Waals surface area contributed by atoms with E-state index in [4.69, 9.17) is 9.84 Å². The molecule has 20 heavy (non-hydrogen) atoms. The second-order valence-electron chi connectivity index (χ2n) is 3.91. The zero-order chi connectivity index (χ0) is 14.5. The van der Waals surface area contributed by atoms with Crippen LogP contribution in [0.1, 0.15) is 10.4 Å². The molecule has 6 heteroatoms. The number of hydrogen-bond donors (Lipinski definition) is 2. The first kappa shape index (κ1) is 13.5. The number of azo groups is 1. The van der Waals surface area contributed by atoms with Gasteiger partial charge < -0.3 is 14.9 Å². The molecule has 0 amide bonds. The smallest absolute Gasteiger partial charge is 0.339 e. The third-order valence-corrected chi connectivity index (χ3v) is 2.54. The second kappa shape index (κ2) is 5.83. The molecule has 0 spiro atoms. The Morgan fingerprint density at radius 2 is 1.80 bits per heavy atom. The Morgan fingerprint density at radius 1 is 1.10 bits per heavy atom. The Morgan fingerprint density at radius 3 is 2.45 bits per heavy atom. The van der Waals surface area contributed by atoms with Crippen LogP contribution in [0.3, 0.4) is 0 Å². The van der Waals surface area contributed by atoms with Gasteiger partial charge in [0.05, 0.1) is 18.5 Å². The SMILES string of the molecule is COc1cccc(N=Nc2ccc(O)c(C(=O)O)c2)c1. The molecule has 0 aliphatic heterocycles. The van der Waals surface area contributed by atoms with Crippen molar-refractivity contribution in [3.05, 3.63) is 48.0 Å². The number of benzene rings is 2. The molecule has 0 unspecified atom stereocenters. The third-order valence-electron chi connectivity index (χ3n) is 2.54. The van der Waals surface area contributed by atoms with Crippen molar-refractivity contribution in [3.63, 3.8) is 0 Å². The largest absolute Gasteiger partial charge is 0.507 e. The van der Waals surface area contributed by atoms with Crippen molar-refractivity contribution in [3.8, 4) is 11.5 Å². The van der Waals surface area contributed by atoms with Gasteiger partial charge >= 0.3 is 5.97 Å². The number of phenols is 1. The Kier molecular flexibility index (Phi) is 3.95. The molecule has 2 N–H and O–H groups in total. The van der Waals surface area contributed by atoms with Crippen LogP contribution < -0.4 is 4.74 Å². The Bertz CT molecular complexity index is 668. The van der Waals surface area contributed by atoms with E-state index in [1.165, 1.54) is 18.2 Å². The van der Waals surface area contributed by atoms with Gasteiger partial charge in [-0.15, -0.1) is 0 Å². The molecular weight excluding hydrogens is 260 g/mol. The number of carboxylic acids is 1. The van der Waals surface area contributed by atoms with E-state index in [0.717, 1.165) is 0 Å². The number of carboxylic acid groups (broad SMARTS) is 1. The van der Waals surface area contributed by atoms with Gasteiger partial charge in [0.2, 0.25) is 0 Å². The average Bonchev–Trinajstić information content (AvgIpc) is 2.46. The highest BCUT2D eigenvalue weighted by molar-refractivity contribution is 5.91. The fourth-order valence-electron chi connectivity index (χ4n) is 1.55. The molecular formula is C14H12N2O4. The van der Waals surface area contributed by atoms with Crippen LogP contribution in [0.5, 0.6) is 11.5 Å². The van der Waals surface area contributed by atoms with E-state index in [0.29, 0.717) is 17.1 Å². The maximum absolute atomic E-state index is 10.9. The van der Waals surface area contributed by atoms with Crippen LogP contribution in [0.2, 0.25) is 0 Å². The van der Waals surface area contributed by atoms with Crippen molar-refractivity contribution in [2.24, 2.45) is 10.2 Å². The van der Waals surface area contributed by atoms with E-state index in [1.807, 2.05) is 0 Å². The van der Waals surface area contributed by atoms with E-state index >= 15 is 0 Å². The second-order valence-corrected chi connectivity index (χ2v) is 3.91. The van der Waals surface area contributed by atoms with Crippen LogP contribution >= 0.6 is 0 Å². The summed E-state index contributed by atoms with van der Waals surface area (Å²) in [5.74, 6) is -0.878. The number of methoxy groups -OCH3 is 1. The van der Waals surface area contributed by atoms with Gasteiger partial charge in [0.25, 0.3) is 0 Å². The minimum Gasteiger partial charge on any atom is -0.507 e. The lowest BCUT2D eigenvalue weighted by Crippen LogP contribution is -1.95. The standard InChI is InChI=1S/C14H12N2O4/c1-20-11-4-2-3-9(7-11)15-16-10-5-6-13(17)12(8-10)14(18)19/h2-8,17H,1H3,(H,18,19). The molecule has 2 aromatic carbocycles. The lowest BCUT2D eigenvalue weighted by molar-refractivity contribution is 0.0694. The van der Waals surface area contributed by atoms with E-state index in [-0.39, 0.29) is 11.3 Å². The average molecular weight is 272 g/mol. The molecule has 6 nitrogen and oxygen atoms in total. The summed E-state index contributed by atoms with van der Waals surface area (Å²) in [6.45, 7) is 0. The van der Waals surface area contributed by atoms with Crippen LogP contribution in [0.25, 0.3) is 0 Å². The van der Waals surface area contributed by atoms with Crippen LogP contribution in [0.4, 0.5) is 11.4 Å². The molecule has 0 radical (unpaired) electrons. The third kappa shape index (κ3) is 3.11. The molecule has 2 rings (SSSR count). The van der Waals surface area contributed by atoms with Gasteiger partial charge in [-0.25, -0.2) is 4.79 Å². The fraction of sp³-hybridized carbons (Fsp3) is 0.0714. The molecule has 0 aromatic heterocycles. The number of aromatic carboxylic acids is 1. The molecule has 0 saturated carbocycles. The molecule has 0 heterocycles. The Balaban J connectivity index is 2.27. The maximum Gasteiger partial charge on any atom is 0.339 e. The number of rotatable bonds is 4. The summed E-state index contributed by atoms with van der Waals surface area (Å²) >= 11 is 0. The van der Waals surface area contributed by atoms with Crippen molar-refractivity contribution >= 4 is 17.3 Å². The van der Waals surface area contributed by atoms with Crippen LogP contribution in [-0.4, -0.2) is 23.3 Å².